The van der Waals surface area contributed by atoms with Gasteiger partial charge in [-0.1, -0.05) is 74.2 Å². The van der Waals surface area contributed by atoms with Crippen LogP contribution in [-0.4, -0.2) is 15.4 Å². The zero-order chi connectivity index (χ0) is 17.4. The van der Waals surface area contributed by atoms with E-state index in [0.29, 0.717) is 11.3 Å². The Hall–Kier alpha value is -1.71. The lowest BCUT2D eigenvalue weighted by Crippen LogP contribution is -2.15. The van der Waals surface area contributed by atoms with E-state index in [4.69, 9.17) is 0 Å². The Morgan fingerprint density at radius 1 is 1.08 bits per heavy atom. The van der Waals surface area contributed by atoms with E-state index >= 15 is 0 Å². The van der Waals surface area contributed by atoms with E-state index in [1.807, 2.05) is 67.6 Å². The van der Waals surface area contributed by atoms with Crippen molar-refractivity contribution in [3.05, 3.63) is 70.6 Å². The summed E-state index contributed by atoms with van der Waals surface area (Å²) in [7, 11) is -1.35. The van der Waals surface area contributed by atoms with Crippen LogP contribution in [0.1, 0.15) is 43.7 Å². The molecule has 2 nitrogen and oxygen atoms in total. The molecule has 0 aliphatic rings. The van der Waals surface area contributed by atoms with Crippen molar-refractivity contribution in [2.24, 2.45) is 0 Å². The molecule has 0 spiro atoms. The molecule has 0 amide bonds. The molecule has 0 fully saturated rings. The molecule has 24 heavy (non-hydrogen) atoms. The molecule has 0 bridgehead atoms. The van der Waals surface area contributed by atoms with Gasteiger partial charge in [0.05, 0.1) is 21.8 Å². The second kappa shape index (κ2) is 9.55. The molecule has 0 saturated heterocycles. The quantitative estimate of drug-likeness (QED) is 0.679. The van der Waals surface area contributed by atoms with Gasteiger partial charge in [-0.25, -0.2) is 4.21 Å². The van der Waals surface area contributed by atoms with Crippen molar-refractivity contribution in [1.29, 1.82) is 0 Å². The van der Waals surface area contributed by atoms with Crippen LogP contribution in [0.2, 0.25) is 0 Å². The first-order valence-corrected chi connectivity index (χ1v) is 9.70. The number of aryl methyl sites for hydroxylation is 1. The molecule has 0 heterocycles. The monoisotopic (exact) mass is 342 g/mol. The maximum absolute atomic E-state index is 13.0. The number of hydrogen-bond acceptors (Lipinski definition) is 2. The minimum atomic E-state index is -1.35. The Morgan fingerprint density at radius 3 is 2.38 bits per heavy atom. The second-order valence-corrected chi connectivity index (χ2v) is 7.53. The third-order valence-electron chi connectivity index (χ3n) is 3.97. The molecule has 2 rings (SSSR count). The molecule has 2 aromatic rings. The van der Waals surface area contributed by atoms with Crippen molar-refractivity contribution in [2.45, 2.75) is 50.5 Å². The summed E-state index contributed by atoms with van der Waals surface area (Å²) in [5.41, 5.74) is 2.09. The van der Waals surface area contributed by atoms with Gasteiger partial charge in [-0.15, -0.1) is 0 Å². The highest BCUT2D eigenvalue weighted by Crippen LogP contribution is 2.23. The third-order valence-corrected chi connectivity index (χ3v) is 5.49. The van der Waals surface area contributed by atoms with E-state index in [0.717, 1.165) is 35.3 Å². The Bertz CT molecular complexity index is 675. The van der Waals surface area contributed by atoms with Gasteiger partial charge >= 0.3 is 0 Å². The van der Waals surface area contributed by atoms with Gasteiger partial charge in [0.25, 0.3) is 0 Å². The van der Waals surface area contributed by atoms with Gasteiger partial charge in [0, 0.05) is 4.90 Å². The fourth-order valence-electron chi connectivity index (χ4n) is 2.51. The van der Waals surface area contributed by atoms with Crippen molar-refractivity contribution in [2.75, 3.05) is 0 Å². The van der Waals surface area contributed by atoms with Gasteiger partial charge < -0.3 is 5.11 Å². The Kier molecular flexibility index (Phi) is 7.41. The number of hydrogen-bond donors (Lipinski definition) is 1. The zero-order valence-corrected chi connectivity index (χ0v) is 15.3. The number of rotatable bonds is 8. The van der Waals surface area contributed by atoms with E-state index in [1.165, 1.54) is 0 Å². The minimum Gasteiger partial charge on any atom is -0.388 e. The van der Waals surface area contributed by atoms with Gasteiger partial charge in [0.2, 0.25) is 0 Å². The average Bonchev–Trinajstić information content (AvgIpc) is 2.61. The summed E-state index contributed by atoms with van der Waals surface area (Å²) < 4.78 is 13.0. The summed E-state index contributed by atoms with van der Waals surface area (Å²) in [4.78, 5) is 1.32. The predicted octanol–water partition coefficient (Wildman–Crippen LogP) is 5.08. The predicted molar refractivity (Wildman–Crippen MR) is 102 cm³/mol. The largest absolute Gasteiger partial charge is 0.388 e. The summed E-state index contributed by atoms with van der Waals surface area (Å²) >= 11 is 0. The van der Waals surface area contributed by atoms with Crippen molar-refractivity contribution >= 4 is 16.9 Å². The molecule has 1 unspecified atom stereocenters. The third kappa shape index (κ3) is 5.43. The molecule has 0 saturated carbocycles. The van der Waals surface area contributed by atoms with Crippen LogP contribution in [0, 0.1) is 6.92 Å². The molecule has 0 aliphatic carbocycles. The molecule has 1 N–H and O–H groups in total. The highest BCUT2D eigenvalue weighted by Gasteiger charge is 2.19. The highest BCUT2D eigenvalue weighted by atomic mass is 32.2. The summed E-state index contributed by atoms with van der Waals surface area (Å²) in [5, 5.41) is 10.6. The summed E-state index contributed by atoms with van der Waals surface area (Å²) in [6.07, 6.45) is 4.95. The van der Waals surface area contributed by atoms with Gasteiger partial charge in [-0.2, -0.15) is 0 Å². The van der Waals surface area contributed by atoms with E-state index in [2.05, 4.69) is 6.92 Å². The van der Waals surface area contributed by atoms with Gasteiger partial charge in [0.1, 0.15) is 0 Å². The van der Waals surface area contributed by atoms with Crippen LogP contribution in [0.5, 0.6) is 0 Å². The van der Waals surface area contributed by atoms with E-state index in [9.17, 15) is 9.32 Å². The van der Waals surface area contributed by atoms with Crippen LogP contribution in [-0.2, 0) is 10.8 Å². The standard InChI is InChI=1S/C21H26O2S/c1-3-4-6-11-20(22)21(16-18-9-7-5-8-10-18)24(23)19-14-12-17(2)13-15-19/h5,7-10,12-16,20,22H,3-4,6,11H2,1-2H3/b21-16+/t20-,24?/m1/s1. The smallest absolute Gasteiger partial charge is 0.0877 e. The molecule has 3 heteroatoms. The average molecular weight is 343 g/mol. The summed E-state index contributed by atoms with van der Waals surface area (Å²) in [5.74, 6) is 0. The summed E-state index contributed by atoms with van der Waals surface area (Å²) in [6.45, 7) is 4.14. The lowest BCUT2D eigenvalue weighted by Gasteiger charge is -2.15. The van der Waals surface area contributed by atoms with Crippen LogP contribution >= 0.6 is 0 Å². The fourth-order valence-corrected chi connectivity index (χ4v) is 3.78. The first kappa shape index (κ1) is 18.6. The fraction of sp³-hybridized carbons (Fsp3) is 0.333. The van der Waals surface area contributed by atoms with E-state index < -0.39 is 16.9 Å². The SMILES string of the molecule is CCCCC[C@@H](O)/C(=C\c1ccccc1)S(=O)c1ccc(C)cc1. The minimum absolute atomic E-state index is 0.584. The van der Waals surface area contributed by atoms with Gasteiger partial charge in [-0.05, 0) is 37.1 Å². The van der Waals surface area contributed by atoms with Crippen LogP contribution in [0.15, 0.2) is 64.4 Å². The maximum Gasteiger partial charge on any atom is 0.0877 e. The van der Waals surface area contributed by atoms with Crippen LogP contribution in [0.4, 0.5) is 0 Å². The van der Waals surface area contributed by atoms with Gasteiger partial charge in [-0.3, -0.25) is 0 Å². The van der Waals surface area contributed by atoms with Crippen molar-refractivity contribution in [3.63, 3.8) is 0 Å². The Balaban J connectivity index is 2.29. The molecule has 2 atom stereocenters. The number of unbranched alkanes of at least 4 members (excludes halogenated alkanes) is 2. The van der Waals surface area contributed by atoms with Crippen molar-refractivity contribution < 1.29 is 9.32 Å². The second-order valence-electron chi connectivity index (χ2n) is 6.05. The summed E-state index contributed by atoms with van der Waals surface area (Å²) in [6, 6.07) is 17.4. The maximum atomic E-state index is 13.0. The van der Waals surface area contributed by atoms with Crippen LogP contribution < -0.4 is 0 Å². The van der Waals surface area contributed by atoms with Crippen molar-refractivity contribution in [3.8, 4) is 0 Å². The molecular weight excluding hydrogens is 316 g/mol. The van der Waals surface area contributed by atoms with Crippen LogP contribution in [0.25, 0.3) is 6.08 Å². The lowest BCUT2D eigenvalue weighted by atomic mass is 10.1. The number of aliphatic hydroxyl groups is 1. The molecule has 0 aromatic heterocycles. The molecule has 2 aromatic carbocycles. The molecule has 128 valence electrons. The number of benzene rings is 2. The Morgan fingerprint density at radius 2 is 1.75 bits per heavy atom. The Labute approximate surface area is 147 Å². The topological polar surface area (TPSA) is 37.3 Å². The molecule has 0 radical (unpaired) electrons. The molecule has 0 aliphatic heterocycles. The van der Waals surface area contributed by atoms with Crippen molar-refractivity contribution in [1.82, 2.24) is 0 Å². The first-order chi connectivity index (χ1) is 11.6. The van der Waals surface area contributed by atoms with Crippen LogP contribution in [0.3, 0.4) is 0 Å². The normalized spacial score (nSPS) is 14.4. The highest BCUT2D eigenvalue weighted by molar-refractivity contribution is 7.89. The zero-order valence-electron chi connectivity index (χ0n) is 14.4. The lowest BCUT2D eigenvalue weighted by molar-refractivity contribution is 0.205. The van der Waals surface area contributed by atoms with E-state index in [1.54, 1.807) is 0 Å². The molecular formula is C21H26O2S. The number of aliphatic hydroxyl groups excluding tert-OH is 1. The van der Waals surface area contributed by atoms with Gasteiger partial charge in [0.15, 0.2) is 0 Å². The van der Waals surface area contributed by atoms with E-state index in [-0.39, 0.29) is 0 Å². The first-order valence-electron chi connectivity index (χ1n) is 8.55.